The van der Waals surface area contributed by atoms with Crippen LogP contribution in [0.2, 0.25) is 0 Å². The molecule has 0 spiro atoms. The molecule has 170 valence electrons. The van der Waals surface area contributed by atoms with E-state index < -0.39 is 0 Å². The Morgan fingerprint density at radius 3 is 2.50 bits per heavy atom. The fourth-order valence-corrected chi connectivity index (χ4v) is 5.44. The second-order valence-corrected chi connectivity index (χ2v) is 10.6. The number of ether oxygens (including phenoxy) is 1. The summed E-state index contributed by atoms with van der Waals surface area (Å²) >= 11 is 1.41. The first-order valence-electron chi connectivity index (χ1n) is 11.5. The average molecular weight is 453 g/mol. The van der Waals surface area contributed by atoms with Crippen LogP contribution in [0.5, 0.6) is 5.75 Å². The average Bonchev–Trinajstić information content (AvgIpc) is 2.72. The van der Waals surface area contributed by atoms with Crippen molar-refractivity contribution in [2.24, 2.45) is 11.3 Å². The highest BCUT2D eigenvalue weighted by molar-refractivity contribution is 8.19. The smallest absolute Gasteiger partial charge is 0.119 e. The van der Waals surface area contributed by atoms with Gasteiger partial charge in [0.25, 0.3) is 0 Å². The van der Waals surface area contributed by atoms with Gasteiger partial charge in [0.15, 0.2) is 0 Å². The van der Waals surface area contributed by atoms with E-state index in [0.717, 1.165) is 38.2 Å². The molecule has 1 aromatic carbocycles. The van der Waals surface area contributed by atoms with Gasteiger partial charge in [0.1, 0.15) is 12.4 Å². The Labute approximate surface area is 193 Å². The number of hydrogen-bond acceptors (Lipinski definition) is 4. The van der Waals surface area contributed by atoms with Crippen LogP contribution < -0.4 is 10.1 Å². The molecule has 2 atom stereocenters. The van der Waals surface area contributed by atoms with Crippen LogP contribution in [0.4, 0.5) is 0 Å². The van der Waals surface area contributed by atoms with E-state index in [4.69, 9.17) is 15.4 Å². The van der Waals surface area contributed by atoms with Crippen molar-refractivity contribution in [1.82, 2.24) is 9.62 Å². The van der Waals surface area contributed by atoms with E-state index in [9.17, 15) is 0 Å². The van der Waals surface area contributed by atoms with Crippen molar-refractivity contribution in [2.45, 2.75) is 72.8 Å². The Morgan fingerprint density at radius 1 is 1.27 bits per heavy atom. The maximum absolute atomic E-state index is 6.35. The van der Waals surface area contributed by atoms with Crippen molar-refractivity contribution in [3.05, 3.63) is 41.5 Å². The molecule has 30 heavy (non-hydrogen) atoms. The number of nitrogens with one attached hydrogen (secondary N) is 1. The van der Waals surface area contributed by atoms with E-state index in [2.05, 4.69) is 74.6 Å². The Balaban J connectivity index is 1.87. The molecule has 0 aromatic heterocycles. The number of nitrogens with zero attached hydrogens (tertiary/aromatic N) is 1. The molecule has 0 aliphatic carbocycles. The zero-order chi connectivity index (χ0) is 22.0. The van der Waals surface area contributed by atoms with E-state index in [1.807, 2.05) is 0 Å². The molecule has 1 heterocycles. The van der Waals surface area contributed by atoms with Crippen LogP contribution in [0.15, 0.2) is 35.9 Å². The van der Waals surface area contributed by atoms with Gasteiger partial charge in [-0.25, -0.2) is 4.31 Å². The topological polar surface area (TPSA) is 24.5 Å². The summed E-state index contributed by atoms with van der Waals surface area (Å²) in [5.41, 5.74) is 3.07. The highest BCUT2D eigenvalue weighted by atomic mass is 35.7. The van der Waals surface area contributed by atoms with Crippen molar-refractivity contribution in [2.75, 3.05) is 26.2 Å². The zero-order valence-electron chi connectivity index (χ0n) is 19.5. The summed E-state index contributed by atoms with van der Waals surface area (Å²) < 4.78 is 8.20. The first kappa shape index (κ1) is 25.6. The predicted molar refractivity (Wildman–Crippen MR) is 133 cm³/mol. The monoisotopic (exact) mass is 452 g/mol. The lowest BCUT2D eigenvalue weighted by Gasteiger charge is -2.40. The maximum atomic E-state index is 6.35. The fraction of sp³-hybridized carbons (Fsp3) is 0.680. The van der Waals surface area contributed by atoms with E-state index in [0.29, 0.717) is 24.0 Å². The van der Waals surface area contributed by atoms with Gasteiger partial charge in [-0.15, -0.1) is 0 Å². The largest absolute Gasteiger partial charge is 0.490 e. The minimum Gasteiger partial charge on any atom is -0.490 e. The van der Waals surface area contributed by atoms with Gasteiger partial charge < -0.3 is 10.1 Å². The second-order valence-electron chi connectivity index (χ2n) is 9.54. The molecule has 0 radical (unpaired) electrons. The standard InChI is InChI=1S/C25H41ClN2OS/c1-6-23(18-25(5)12-14-27-15-13-25)28(30-26)19-21(4)17-22-7-9-24(10-8-22)29-16-11-20(2)3/h7-11,21,23,27H,6,12-19H2,1-5H3. The molecule has 1 aromatic rings. The van der Waals surface area contributed by atoms with Crippen LogP contribution in [0.1, 0.15) is 65.9 Å². The second kappa shape index (κ2) is 13.0. The molecule has 1 aliphatic rings. The summed E-state index contributed by atoms with van der Waals surface area (Å²) in [6.45, 7) is 15.2. The van der Waals surface area contributed by atoms with Gasteiger partial charge in [0.05, 0.1) is 0 Å². The fourth-order valence-electron chi connectivity index (χ4n) is 4.29. The van der Waals surface area contributed by atoms with E-state index in [1.165, 1.54) is 41.6 Å². The number of allylic oxidation sites excluding steroid dienone is 1. The molecule has 2 unspecified atom stereocenters. The molecule has 1 N–H and O–H groups in total. The van der Waals surface area contributed by atoms with Gasteiger partial charge in [-0.3, -0.25) is 0 Å². The van der Waals surface area contributed by atoms with Gasteiger partial charge >= 0.3 is 0 Å². The Hall–Kier alpha value is -0.680. The third-order valence-corrected chi connectivity index (χ3v) is 7.40. The van der Waals surface area contributed by atoms with E-state index in [-0.39, 0.29) is 0 Å². The van der Waals surface area contributed by atoms with Crippen molar-refractivity contribution in [3.63, 3.8) is 0 Å². The number of halogens is 1. The van der Waals surface area contributed by atoms with Crippen LogP contribution in [0.25, 0.3) is 0 Å². The molecular formula is C25H41ClN2OS. The van der Waals surface area contributed by atoms with Crippen LogP contribution in [-0.4, -0.2) is 36.6 Å². The van der Waals surface area contributed by atoms with Crippen molar-refractivity contribution >= 4 is 21.8 Å². The van der Waals surface area contributed by atoms with Crippen LogP contribution in [0.3, 0.4) is 0 Å². The third kappa shape index (κ3) is 8.82. The molecule has 0 saturated carbocycles. The van der Waals surface area contributed by atoms with Gasteiger partial charge in [0, 0.05) is 23.7 Å². The quantitative estimate of drug-likeness (QED) is 0.276. The molecular weight excluding hydrogens is 412 g/mol. The Bertz CT molecular complexity index is 639. The Morgan fingerprint density at radius 2 is 1.93 bits per heavy atom. The van der Waals surface area contributed by atoms with Crippen LogP contribution in [0, 0.1) is 11.3 Å². The summed E-state index contributed by atoms with van der Waals surface area (Å²) in [5, 5.41) is 3.50. The number of benzene rings is 1. The minimum absolute atomic E-state index is 0.432. The van der Waals surface area contributed by atoms with E-state index in [1.54, 1.807) is 0 Å². The first-order chi connectivity index (χ1) is 14.3. The van der Waals surface area contributed by atoms with Gasteiger partial charge in [0.2, 0.25) is 0 Å². The number of piperidine rings is 1. The van der Waals surface area contributed by atoms with Crippen molar-refractivity contribution < 1.29 is 4.74 Å². The van der Waals surface area contributed by atoms with Crippen molar-refractivity contribution in [3.8, 4) is 5.75 Å². The maximum Gasteiger partial charge on any atom is 0.119 e. The lowest BCUT2D eigenvalue weighted by Crippen LogP contribution is -2.41. The van der Waals surface area contributed by atoms with E-state index >= 15 is 0 Å². The lowest BCUT2D eigenvalue weighted by molar-refractivity contribution is 0.152. The summed E-state index contributed by atoms with van der Waals surface area (Å²) in [7, 11) is 6.35. The third-order valence-electron chi connectivity index (χ3n) is 6.25. The molecule has 1 aliphatic heterocycles. The van der Waals surface area contributed by atoms with Crippen molar-refractivity contribution in [1.29, 1.82) is 0 Å². The summed E-state index contributed by atoms with van der Waals surface area (Å²) in [6.07, 6.45) is 8.06. The number of rotatable bonds is 12. The molecule has 5 heteroatoms. The van der Waals surface area contributed by atoms with Crippen LogP contribution >= 0.6 is 21.8 Å². The zero-order valence-corrected chi connectivity index (χ0v) is 21.1. The normalized spacial score (nSPS) is 18.1. The molecule has 1 saturated heterocycles. The highest BCUT2D eigenvalue weighted by Crippen LogP contribution is 2.37. The molecule has 0 bridgehead atoms. The SMILES string of the molecule is CCC(CC1(C)CCNCC1)N(CC(C)Cc1ccc(OCC=C(C)C)cc1)SCl. The summed E-state index contributed by atoms with van der Waals surface area (Å²) in [5.74, 6) is 1.48. The number of hydrogen-bond donors (Lipinski definition) is 1. The first-order valence-corrected chi connectivity index (χ1v) is 13.1. The lowest BCUT2D eigenvalue weighted by atomic mass is 9.75. The summed E-state index contributed by atoms with van der Waals surface area (Å²) in [4.78, 5) is 0. The summed E-state index contributed by atoms with van der Waals surface area (Å²) in [6, 6.07) is 9.09. The molecule has 2 rings (SSSR count). The van der Waals surface area contributed by atoms with Gasteiger partial charge in [-0.05, 0) is 105 Å². The van der Waals surface area contributed by atoms with Gasteiger partial charge in [-0.2, -0.15) is 0 Å². The minimum atomic E-state index is 0.432. The molecule has 0 amide bonds. The molecule has 1 fully saturated rings. The highest BCUT2D eigenvalue weighted by Gasteiger charge is 2.32. The van der Waals surface area contributed by atoms with Crippen LogP contribution in [-0.2, 0) is 6.42 Å². The molecule has 3 nitrogen and oxygen atoms in total. The predicted octanol–water partition coefficient (Wildman–Crippen LogP) is 6.87. The van der Waals surface area contributed by atoms with Gasteiger partial charge in [-0.1, -0.05) is 38.5 Å². The Kier molecular flexibility index (Phi) is 11.1.